The summed E-state index contributed by atoms with van der Waals surface area (Å²) in [5.74, 6) is -1.90. The van der Waals surface area contributed by atoms with Gasteiger partial charge in [0, 0.05) is 55.4 Å². The number of aromatic nitrogens is 2. The Labute approximate surface area is 185 Å². The summed E-state index contributed by atoms with van der Waals surface area (Å²) in [6, 6.07) is 2.63. The number of nitrogens with zero attached hydrogens (tertiary/aromatic N) is 4. The van der Waals surface area contributed by atoms with Gasteiger partial charge in [0.15, 0.2) is 5.13 Å². The highest BCUT2D eigenvalue weighted by molar-refractivity contribution is 7.13. The lowest BCUT2D eigenvalue weighted by Crippen LogP contribution is -2.50. The Morgan fingerprint density at radius 1 is 1.19 bits per heavy atom. The lowest BCUT2D eigenvalue weighted by atomic mass is 10.1. The van der Waals surface area contributed by atoms with Crippen LogP contribution in [-0.2, 0) is 0 Å². The predicted octanol–water partition coefficient (Wildman–Crippen LogP) is 2.98. The van der Waals surface area contributed by atoms with Gasteiger partial charge in [-0.05, 0) is 25.0 Å². The molecular formula is C21H20FN5O4S. The highest BCUT2D eigenvalue weighted by Gasteiger charge is 2.29. The average Bonchev–Trinajstić information content (AvgIpc) is 3.50. The van der Waals surface area contributed by atoms with Crippen molar-refractivity contribution in [1.29, 1.82) is 0 Å². The minimum atomic E-state index is -1.32. The van der Waals surface area contributed by atoms with Crippen LogP contribution in [0.4, 0.5) is 20.0 Å². The van der Waals surface area contributed by atoms with Gasteiger partial charge in [0.2, 0.25) is 5.43 Å². The van der Waals surface area contributed by atoms with Gasteiger partial charge < -0.3 is 19.5 Å². The number of rotatable bonds is 4. The number of nitrogens with one attached hydrogen (secondary N) is 1. The fraction of sp³-hybridized carbons (Fsp3) is 0.333. The molecule has 1 saturated carbocycles. The molecule has 32 heavy (non-hydrogen) atoms. The summed E-state index contributed by atoms with van der Waals surface area (Å²) in [5, 5.41) is 14.5. The van der Waals surface area contributed by atoms with Crippen LogP contribution < -0.4 is 15.6 Å². The molecule has 0 bridgehead atoms. The van der Waals surface area contributed by atoms with Gasteiger partial charge in [-0.15, -0.1) is 11.3 Å². The third-order valence-corrected chi connectivity index (χ3v) is 6.51. The Bertz CT molecular complexity index is 1260. The van der Waals surface area contributed by atoms with E-state index < -0.39 is 17.2 Å². The number of thiazole rings is 1. The van der Waals surface area contributed by atoms with E-state index in [4.69, 9.17) is 0 Å². The largest absolute Gasteiger partial charge is 0.477 e. The minimum absolute atomic E-state index is 0.0690. The highest BCUT2D eigenvalue weighted by atomic mass is 32.1. The Balaban J connectivity index is 1.41. The average molecular weight is 457 g/mol. The molecule has 1 aromatic carbocycles. The Morgan fingerprint density at radius 3 is 2.56 bits per heavy atom. The van der Waals surface area contributed by atoms with Gasteiger partial charge in [0.1, 0.15) is 11.4 Å². The molecule has 0 unspecified atom stereocenters. The number of hydrogen-bond donors (Lipinski definition) is 2. The van der Waals surface area contributed by atoms with Gasteiger partial charge in [0.25, 0.3) is 0 Å². The molecule has 2 aromatic heterocycles. The monoisotopic (exact) mass is 457 g/mol. The van der Waals surface area contributed by atoms with Crippen molar-refractivity contribution in [3.05, 3.63) is 51.5 Å². The fourth-order valence-corrected chi connectivity index (χ4v) is 4.53. The van der Waals surface area contributed by atoms with Crippen molar-refractivity contribution in [1.82, 2.24) is 14.5 Å². The molecule has 1 saturated heterocycles. The van der Waals surface area contributed by atoms with Crippen LogP contribution in [0.25, 0.3) is 10.9 Å². The molecule has 0 spiro atoms. The van der Waals surface area contributed by atoms with Crippen molar-refractivity contribution >= 4 is 45.1 Å². The quantitative estimate of drug-likeness (QED) is 0.624. The Hall–Kier alpha value is -3.47. The molecule has 2 N–H and O–H groups in total. The molecule has 1 aliphatic heterocycles. The van der Waals surface area contributed by atoms with Gasteiger partial charge >= 0.3 is 12.0 Å². The molecule has 0 radical (unpaired) electrons. The molecule has 3 heterocycles. The first-order valence-electron chi connectivity index (χ1n) is 10.2. The maximum atomic E-state index is 15.0. The molecule has 9 nitrogen and oxygen atoms in total. The number of amides is 2. The second-order valence-corrected chi connectivity index (χ2v) is 8.77. The molecule has 3 aromatic rings. The van der Waals surface area contributed by atoms with Crippen LogP contribution >= 0.6 is 11.3 Å². The van der Waals surface area contributed by atoms with Gasteiger partial charge in [0.05, 0.1) is 11.2 Å². The number of halogens is 1. The van der Waals surface area contributed by atoms with E-state index in [9.17, 15) is 19.5 Å². The summed E-state index contributed by atoms with van der Waals surface area (Å²) in [5.41, 5.74) is -0.160. The second kappa shape index (κ2) is 7.90. The number of carboxylic acid groups (broad SMARTS) is 1. The van der Waals surface area contributed by atoms with Crippen molar-refractivity contribution in [3.63, 3.8) is 0 Å². The number of aromatic carboxylic acids is 1. The molecule has 0 atom stereocenters. The van der Waals surface area contributed by atoms with Crippen LogP contribution in [-0.4, -0.2) is 57.7 Å². The van der Waals surface area contributed by atoms with E-state index in [1.54, 1.807) is 27.1 Å². The molecule has 2 aliphatic rings. The lowest BCUT2D eigenvalue weighted by molar-refractivity contribution is 0.0694. The number of fused-ring (bicyclic) bond motifs is 1. The first kappa shape index (κ1) is 20.4. The molecule has 2 amide bonds. The zero-order valence-corrected chi connectivity index (χ0v) is 17.8. The minimum Gasteiger partial charge on any atom is -0.477 e. The van der Waals surface area contributed by atoms with Crippen LogP contribution in [0.1, 0.15) is 29.2 Å². The van der Waals surface area contributed by atoms with Crippen LogP contribution in [0.15, 0.2) is 34.7 Å². The van der Waals surface area contributed by atoms with Gasteiger partial charge in [-0.1, -0.05) is 0 Å². The summed E-state index contributed by atoms with van der Waals surface area (Å²) in [7, 11) is 0. The molecule has 166 valence electrons. The topological polar surface area (TPSA) is 108 Å². The van der Waals surface area contributed by atoms with Crippen LogP contribution in [0.5, 0.6) is 0 Å². The third kappa shape index (κ3) is 3.68. The van der Waals surface area contributed by atoms with Crippen molar-refractivity contribution in [2.75, 3.05) is 36.4 Å². The van der Waals surface area contributed by atoms with Gasteiger partial charge in [-0.3, -0.25) is 10.1 Å². The first-order chi connectivity index (χ1) is 15.4. The van der Waals surface area contributed by atoms with E-state index in [0.29, 0.717) is 42.5 Å². The van der Waals surface area contributed by atoms with Crippen molar-refractivity contribution < 1.29 is 19.1 Å². The number of carbonyl (C=O) groups excluding carboxylic acids is 1. The van der Waals surface area contributed by atoms with E-state index in [1.807, 2.05) is 4.90 Å². The summed E-state index contributed by atoms with van der Waals surface area (Å²) in [6.45, 7) is 1.66. The summed E-state index contributed by atoms with van der Waals surface area (Å²) in [6.07, 6.45) is 4.75. The number of carbonyl (C=O) groups is 2. The predicted molar refractivity (Wildman–Crippen MR) is 118 cm³/mol. The Kier molecular flexibility index (Phi) is 5.04. The summed E-state index contributed by atoms with van der Waals surface area (Å²) >= 11 is 1.33. The SMILES string of the molecule is O=C(O)c1cn(C2CC2)c2cc(N3CCN(C(=O)Nc4nccs4)CC3)c(F)cc2c1=O. The van der Waals surface area contributed by atoms with Crippen molar-refractivity contribution in [2.24, 2.45) is 0 Å². The van der Waals surface area contributed by atoms with Crippen LogP contribution in [0.2, 0.25) is 0 Å². The molecule has 2 fully saturated rings. The van der Waals surface area contributed by atoms with E-state index in [1.165, 1.54) is 17.5 Å². The van der Waals surface area contributed by atoms with E-state index in [2.05, 4.69) is 10.3 Å². The molecule has 11 heteroatoms. The number of pyridine rings is 1. The Morgan fingerprint density at radius 2 is 1.94 bits per heavy atom. The maximum Gasteiger partial charge on any atom is 0.341 e. The number of carboxylic acids is 1. The van der Waals surface area contributed by atoms with Crippen molar-refractivity contribution in [2.45, 2.75) is 18.9 Å². The second-order valence-electron chi connectivity index (χ2n) is 7.88. The van der Waals surface area contributed by atoms with Crippen LogP contribution in [0, 0.1) is 5.82 Å². The van der Waals surface area contributed by atoms with Gasteiger partial charge in [-0.25, -0.2) is 19.0 Å². The molecule has 1 aliphatic carbocycles. The summed E-state index contributed by atoms with van der Waals surface area (Å²) in [4.78, 5) is 44.0. The first-order valence-corrected chi connectivity index (χ1v) is 11.1. The molecular weight excluding hydrogens is 437 g/mol. The lowest BCUT2D eigenvalue weighted by Gasteiger charge is -2.36. The standard InChI is InChI=1S/C21H20FN5O4S/c22-15-9-13-16(27(12-1-2-12)11-14(18(13)28)19(29)30)10-17(15)25-4-6-26(7-5-25)21(31)24-20-23-3-8-32-20/h3,8-12H,1-2,4-7H2,(H,29,30)(H,23,24,31). The van der Waals surface area contributed by atoms with E-state index in [0.717, 1.165) is 18.9 Å². The van der Waals surface area contributed by atoms with Crippen LogP contribution in [0.3, 0.4) is 0 Å². The van der Waals surface area contributed by atoms with Gasteiger partial charge in [-0.2, -0.15) is 0 Å². The van der Waals surface area contributed by atoms with E-state index in [-0.39, 0.29) is 23.0 Å². The number of urea groups is 1. The zero-order chi connectivity index (χ0) is 22.4. The smallest absolute Gasteiger partial charge is 0.341 e. The molecule has 5 rings (SSSR count). The number of benzene rings is 1. The number of hydrogen-bond acceptors (Lipinski definition) is 6. The van der Waals surface area contributed by atoms with Crippen molar-refractivity contribution in [3.8, 4) is 0 Å². The summed E-state index contributed by atoms with van der Waals surface area (Å²) < 4.78 is 16.8. The normalized spacial score (nSPS) is 16.4. The third-order valence-electron chi connectivity index (χ3n) is 5.83. The van der Waals surface area contributed by atoms with E-state index >= 15 is 4.39 Å². The highest BCUT2D eigenvalue weighted by Crippen LogP contribution is 2.38. The fourth-order valence-electron chi connectivity index (χ4n) is 4.01. The number of piperazine rings is 1. The maximum absolute atomic E-state index is 15.0. The number of anilines is 2. The zero-order valence-electron chi connectivity index (χ0n) is 17.0.